The van der Waals surface area contributed by atoms with Gasteiger partial charge in [0.15, 0.2) is 6.10 Å². The van der Waals surface area contributed by atoms with Crippen LogP contribution in [0.1, 0.15) is 27.7 Å². The van der Waals surface area contributed by atoms with E-state index in [1.165, 1.54) is 13.8 Å². The molecule has 2 rings (SSSR count). The Morgan fingerprint density at radius 2 is 1.40 bits per heavy atom. The summed E-state index contributed by atoms with van der Waals surface area (Å²) in [6.07, 6.45) is -21.8. The molecular formula is C25H46O15. The maximum Gasteiger partial charge on any atom is 0.155 e. The second-order valence-corrected chi connectivity index (χ2v) is 11.2. The third kappa shape index (κ3) is 7.48. The Morgan fingerprint density at radius 1 is 0.825 bits per heavy atom. The van der Waals surface area contributed by atoms with E-state index in [1.54, 1.807) is 13.8 Å². The molecule has 2 fully saturated rings. The number of hydrogen-bond donors (Lipinski definition) is 11. The summed E-state index contributed by atoms with van der Waals surface area (Å²) in [5, 5.41) is 113. The van der Waals surface area contributed by atoms with Gasteiger partial charge < -0.3 is 75.1 Å². The van der Waals surface area contributed by atoms with Gasteiger partial charge in [0.25, 0.3) is 0 Å². The molecule has 236 valence electrons. The van der Waals surface area contributed by atoms with Crippen LogP contribution in [0.5, 0.6) is 0 Å². The van der Waals surface area contributed by atoms with Gasteiger partial charge in [0.2, 0.25) is 0 Å². The van der Waals surface area contributed by atoms with Crippen molar-refractivity contribution in [3.63, 3.8) is 0 Å². The molecule has 2 aliphatic heterocycles. The zero-order chi connectivity index (χ0) is 30.7. The van der Waals surface area contributed by atoms with Crippen molar-refractivity contribution in [1.82, 2.24) is 0 Å². The summed E-state index contributed by atoms with van der Waals surface area (Å²) in [5.74, 6) is -0.779. The Labute approximate surface area is 232 Å². The maximum absolute atomic E-state index is 10.9. The Bertz CT molecular complexity index is 792. The molecule has 40 heavy (non-hydrogen) atoms. The first kappa shape index (κ1) is 35.2. The quantitative estimate of drug-likeness (QED) is 0.0904. The largest absolute Gasteiger partial charge is 0.487 e. The molecular weight excluding hydrogens is 540 g/mol. The molecule has 0 aliphatic carbocycles. The normalized spacial score (nSPS) is 38.5. The van der Waals surface area contributed by atoms with E-state index in [1.807, 2.05) is 0 Å². The van der Waals surface area contributed by atoms with E-state index in [0.29, 0.717) is 0 Å². The van der Waals surface area contributed by atoms with Crippen molar-refractivity contribution in [3.8, 4) is 0 Å². The zero-order valence-corrected chi connectivity index (χ0v) is 23.0. The lowest BCUT2D eigenvalue weighted by molar-refractivity contribution is -0.291. The molecule has 0 spiro atoms. The predicted molar refractivity (Wildman–Crippen MR) is 134 cm³/mol. The van der Waals surface area contributed by atoms with Gasteiger partial charge in [-0.25, -0.2) is 0 Å². The maximum atomic E-state index is 10.9. The molecule has 2 heterocycles. The van der Waals surface area contributed by atoms with Gasteiger partial charge in [0, 0.05) is 0 Å². The second-order valence-electron chi connectivity index (χ2n) is 11.2. The first-order valence-electron chi connectivity index (χ1n) is 13.1. The van der Waals surface area contributed by atoms with Crippen LogP contribution in [0.2, 0.25) is 0 Å². The standard InChI is InChI=1S/C25H46O15/c1-9(2)21-18(34)19(35)23(13(8-28)38-21)37-10(3)14(30)17(33)22(11(29)6-26)40-25(4,5)24-20(36)16(32)15(31)12(7-27)39-24/h9,11-24,26-36H,3,6-8H2,1-2,4-5H3. The van der Waals surface area contributed by atoms with Crippen LogP contribution in [0.4, 0.5) is 0 Å². The Kier molecular flexibility index (Phi) is 12.7. The van der Waals surface area contributed by atoms with E-state index in [4.69, 9.17) is 18.9 Å². The van der Waals surface area contributed by atoms with Crippen LogP contribution in [-0.4, -0.2) is 167 Å². The van der Waals surface area contributed by atoms with Crippen molar-refractivity contribution in [2.45, 2.75) is 119 Å². The first-order chi connectivity index (χ1) is 18.5. The lowest BCUT2D eigenvalue weighted by atomic mass is 9.86. The number of aliphatic hydroxyl groups is 11. The van der Waals surface area contributed by atoms with E-state index in [0.717, 1.165) is 0 Å². The minimum Gasteiger partial charge on any atom is -0.487 e. The van der Waals surface area contributed by atoms with Gasteiger partial charge in [-0.05, 0) is 19.8 Å². The van der Waals surface area contributed by atoms with Crippen molar-refractivity contribution in [2.75, 3.05) is 19.8 Å². The van der Waals surface area contributed by atoms with E-state index in [2.05, 4.69) is 6.58 Å². The van der Waals surface area contributed by atoms with Crippen molar-refractivity contribution < 1.29 is 75.1 Å². The zero-order valence-electron chi connectivity index (χ0n) is 23.0. The van der Waals surface area contributed by atoms with Crippen LogP contribution in [0.25, 0.3) is 0 Å². The van der Waals surface area contributed by atoms with Crippen molar-refractivity contribution in [2.24, 2.45) is 5.92 Å². The van der Waals surface area contributed by atoms with Gasteiger partial charge in [0.1, 0.15) is 79.0 Å². The summed E-state index contributed by atoms with van der Waals surface area (Å²) < 4.78 is 22.5. The fourth-order valence-electron chi connectivity index (χ4n) is 5.00. The third-order valence-corrected chi connectivity index (χ3v) is 7.42. The molecule has 14 unspecified atom stereocenters. The molecule has 11 N–H and O–H groups in total. The fraction of sp³-hybridized carbons (Fsp3) is 0.920. The lowest BCUT2D eigenvalue weighted by Crippen LogP contribution is -2.65. The molecule has 0 radical (unpaired) electrons. The smallest absolute Gasteiger partial charge is 0.155 e. The monoisotopic (exact) mass is 586 g/mol. The van der Waals surface area contributed by atoms with Crippen LogP contribution in [0.3, 0.4) is 0 Å². The molecule has 15 nitrogen and oxygen atoms in total. The molecule has 0 bridgehead atoms. The average Bonchev–Trinajstić information content (AvgIpc) is 2.91. The van der Waals surface area contributed by atoms with Crippen LogP contribution >= 0.6 is 0 Å². The van der Waals surface area contributed by atoms with Crippen molar-refractivity contribution >= 4 is 0 Å². The minimum atomic E-state index is -2.05. The van der Waals surface area contributed by atoms with Crippen molar-refractivity contribution in [3.05, 3.63) is 12.3 Å². The van der Waals surface area contributed by atoms with Gasteiger partial charge in [-0.15, -0.1) is 0 Å². The van der Waals surface area contributed by atoms with Gasteiger partial charge in [0.05, 0.1) is 31.5 Å². The van der Waals surface area contributed by atoms with E-state index < -0.39 is 117 Å². The van der Waals surface area contributed by atoms with Crippen LogP contribution in [0.15, 0.2) is 12.3 Å². The summed E-state index contributed by atoms with van der Waals surface area (Å²) >= 11 is 0. The number of aliphatic hydroxyl groups excluding tert-OH is 11. The molecule has 0 amide bonds. The molecule has 0 aromatic heterocycles. The highest BCUT2D eigenvalue weighted by Gasteiger charge is 2.52. The second kappa shape index (κ2) is 14.4. The van der Waals surface area contributed by atoms with E-state index >= 15 is 0 Å². The summed E-state index contributed by atoms with van der Waals surface area (Å²) in [4.78, 5) is 0. The SMILES string of the molecule is C=C(OC1C(CO)OC(C(C)C)C(O)C1O)C(O)C(O)C(OC(C)(C)C1OC(CO)C(O)C(O)C1O)C(O)CO. The van der Waals surface area contributed by atoms with Gasteiger partial charge >= 0.3 is 0 Å². The highest BCUT2D eigenvalue weighted by Crippen LogP contribution is 2.34. The number of ether oxygens (including phenoxy) is 4. The van der Waals surface area contributed by atoms with Gasteiger partial charge in [-0.3, -0.25) is 0 Å². The number of rotatable bonds is 13. The van der Waals surface area contributed by atoms with Crippen LogP contribution in [0, 0.1) is 5.92 Å². The van der Waals surface area contributed by atoms with Gasteiger partial charge in [-0.1, -0.05) is 20.4 Å². The summed E-state index contributed by atoms with van der Waals surface area (Å²) in [7, 11) is 0. The predicted octanol–water partition coefficient (Wildman–Crippen LogP) is -4.90. The van der Waals surface area contributed by atoms with E-state index in [9.17, 15) is 56.2 Å². The molecule has 14 atom stereocenters. The van der Waals surface area contributed by atoms with Crippen LogP contribution in [-0.2, 0) is 18.9 Å². The van der Waals surface area contributed by atoms with E-state index in [-0.39, 0.29) is 5.92 Å². The topological polar surface area (TPSA) is 259 Å². The summed E-state index contributed by atoms with van der Waals surface area (Å²) in [6, 6.07) is 0. The number of hydrogen-bond acceptors (Lipinski definition) is 15. The molecule has 15 heteroatoms. The highest BCUT2D eigenvalue weighted by molar-refractivity contribution is 5.05. The van der Waals surface area contributed by atoms with Gasteiger partial charge in [-0.2, -0.15) is 0 Å². The molecule has 2 aliphatic rings. The Balaban J connectivity index is 2.22. The molecule has 2 saturated heterocycles. The van der Waals surface area contributed by atoms with Crippen LogP contribution < -0.4 is 0 Å². The van der Waals surface area contributed by atoms with Crippen molar-refractivity contribution in [1.29, 1.82) is 0 Å². The highest BCUT2D eigenvalue weighted by atomic mass is 16.6. The Hall–Kier alpha value is -1.02. The minimum absolute atomic E-state index is 0.222. The first-order valence-corrected chi connectivity index (χ1v) is 13.1. The summed E-state index contributed by atoms with van der Waals surface area (Å²) in [6.45, 7) is 7.44. The molecule has 0 saturated carbocycles. The average molecular weight is 587 g/mol. The Morgan fingerprint density at radius 3 is 1.90 bits per heavy atom. The lowest BCUT2D eigenvalue weighted by Gasteiger charge is -2.48. The third-order valence-electron chi connectivity index (χ3n) is 7.42. The fourth-order valence-corrected chi connectivity index (χ4v) is 5.00. The summed E-state index contributed by atoms with van der Waals surface area (Å²) in [5.41, 5.74) is -1.68. The molecule has 0 aromatic carbocycles. The molecule has 0 aromatic rings.